The Hall–Kier alpha value is -1.76. The highest BCUT2D eigenvalue weighted by Gasteiger charge is 2.12. The summed E-state index contributed by atoms with van der Waals surface area (Å²) in [4.78, 5) is 4.23. The van der Waals surface area contributed by atoms with Crippen LogP contribution < -0.4 is 5.32 Å². The first-order valence-electron chi connectivity index (χ1n) is 5.48. The summed E-state index contributed by atoms with van der Waals surface area (Å²) >= 11 is 0. The van der Waals surface area contributed by atoms with Crippen LogP contribution in [0.25, 0.3) is 11.5 Å². The summed E-state index contributed by atoms with van der Waals surface area (Å²) in [7, 11) is 0. The van der Waals surface area contributed by atoms with Crippen molar-refractivity contribution in [3.63, 3.8) is 0 Å². The van der Waals surface area contributed by atoms with E-state index in [4.69, 9.17) is 4.52 Å². The Morgan fingerprint density at radius 2 is 2.24 bits per heavy atom. The zero-order valence-electron chi connectivity index (χ0n) is 10.2. The van der Waals surface area contributed by atoms with Crippen molar-refractivity contribution in [2.24, 2.45) is 0 Å². The van der Waals surface area contributed by atoms with Crippen molar-refractivity contribution >= 4 is 0 Å². The SMILES string of the molecule is CC(C)(C)NCCc1nc(-c2cn[nH]n2)no1. The lowest BCUT2D eigenvalue weighted by Gasteiger charge is -2.19. The third-order valence-corrected chi connectivity index (χ3v) is 2.11. The second kappa shape index (κ2) is 4.62. The number of aromatic amines is 1. The first-order chi connectivity index (χ1) is 8.04. The van der Waals surface area contributed by atoms with E-state index in [9.17, 15) is 0 Å². The fourth-order valence-electron chi connectivity index (χ4n) is 1.31. The third-order valence-electron chi connectivity index (χ3n) is 2.11. The normalized spacial score (nSPS) is 11.9. The number of nitrogens with one attached hydrogen (secondary N) is 2. The van der Waals surface area contributed by atoms with Crippen LogP contribution in [0.3, 0.4) is 0 Å². The number of H-pyrrole nitrogens is 1. The molecule has 0 spiro atoms. The van der Waals surface area contributed by atoms with E-state index in [0.29, 0.717) is 23.8 Å². The van der Waals surface area contributed by atoms with Gasteiger partial charge in [0.2, 0.25) is 11.7 Å². The van der Waals surface area contributed by atoms with Gasteiger partial charge in [0.25, 0.3) is 0 Å². The standard InChI is InChI=1S/C10H16N6O/c1-10(2,3)11-5-4-8-13-9(15-17-8)7-6-12-16-14-7/h6,11H,4-5H2,1-3H3,(H,12,14,16). The maximum Gasteiger partial charge on any atom is 0.228 e. The molecule has 0 aromatic carbocycles. The van der Waals surface area contributed by atoms with E-state index in [1.807, 2.05) is 0 Å². The fraction of sp³-hybridized carbons (Fsp3) is 0.600. The number of aromatic nitrogens is 5. The number of hydrogen-bond donors (Lipinski definition) is 2. The van der Waals surface area contributed by atoms with E-state index in [0.717, 1.165) is 6.54 Å². The van der Waals surface area contributed by atoms with Crippen molar-refractivity contribution in [2.45, 2.75) is 32.7 Å². The van der Waals surface area contributed by atoms with E-state index in [-0.39, 0.29) is 5.54 Å². The molecule has 0 bridgehead atoms. The summed E-state index contributed by atoms with van der Waals surface area (Å²) in [5, 5.41) is 17.3. The van der Waals surface area contributed by atoms with Gasteiger partial charge in [-0.2, -0.15) is 20.4 Å². The van der Waals surface area contributed by atoms with Gasteiger partial charge in [-0.05, 0) is 20.8 Å². The molecule has 0 saturated carbocycles. The highest BCUT2D eigenvalue weighted by Crippen LogP contribution is 2.10. The molecule has 0 aliphatic rings. The van der Waals surface area contributed by atoms with Crippen LogP contribution >= 0.6 is 0 Å². The Kier molecular flexibility index (Phi) is 3.19. The van der Waals surface area contributed by atoms with E-state index < -0.39 is 0 Å². The zero-order valence-corrected chi connectivity index (χ0v) is 10.2. The summed E-state index contributed by atoms with van der Waals surface area (Å²) in [5.41, 5.74) is 0.679. The Bertz CT molecular complexity index is 455. The lowest BCUT2D eigenvalue weighted by Crippen LogP contribution is -2.37. The van der Waals surface area contributed by atoms with Gasteiger partial charge in [-0.1, -0.05) is 5.16 Å². The second-order valence-electron chi connectivity index (χ2n) is 4.79. The van der Waals surface area contributed by atoms with Crippen LogP contribution in [0.2, 0.25) is 0 Å². The van der Waals surface area contributed by atoms with Crippen molar-refractivity contribution in [2.75, 3.05) is 6.54 Å². The van der Waals surface area contributed by atoms with E-state index in [1.54, 1.807) is 6.20 Å². The minimum absolute atomic E-state index is 0.0922. The minimum atomic E-state index is 0.0922. The van der Waals surface area contributed by atoms with Gasteiger partial charge in [0, 0.05) is 18.5 Å². The smallest absolute Gasteiger partial charge is 0.228 e. The molecule has 92 valence electrons. The summed E-state index contributed by atoms with van der Waals surface area (Å²) in [6.07, 6.45) is 2.25. The molecule has 7 nitrogen and oxygen atoms in total. The Morgan fingerprint density at radius 3 is 2.88 bits per heavy atom. The molecule has 2 aromatic heterocycles. The molecule has 2 rings (SSSR count). The topological polar surface area (TPSA) is 92.5 Å². The van der Waals surface area contributed by atoms with E-state index in [2.05, 4.69) is 51.6 Å². The highest BCUT2D eigenvalue weighted by atomic mass is 16.5. The van der Waals surface area contributed by atoms with Crippen LogP contribution in [0.5, 0.6) is 0 Å². The van der Waals surface area contributed by atoms with Gasteiger partial charge in [-0.25, -0.2) is 0 Å². The quantitative estimate of drug-likeness (QED) is 0.815. The first kappa shape index (κ1) is 11.7. The number of rotatable bonds is 4. The van der Waals surface area contributed by atoms with Crippen LogP contribution in [0, 0.1) is 0 Å². The predicted octanol–water partition coefficient (Wildman–Crippen LogP) is 0.785. The molecular formula is C10H16N6O. The van der Waals surface area contributed by atoms with E-state index >= 15 is 0 Å². The summed E-state index contributed by atoms with van der Waals surface area (Å²) < 4.78 is 5.12. The van der Waals surface area contributed by atoms with Gasteiger partial charge in [-0.15, -0.1) is 0 Å². The molecule has 0 amide bonds. The molecular weight excluding hydrogens is 220 g/mol. The molecule has 2 heterocycles. The van der Waals surface area contributed by atoms with Crippen LogP contribution in [-0.4, -0.2) is 37.6 Å². The first-order valence-corrected chi connectivity index (χ1v) is 5.48. The van der Waals surface area contributed by atoms with Gasteiger partial charge < -0.3 is 9.84 Å². The van der Waals surface area contributed by atoms with E-state index in [1.165, 1.54) is 0 Å². The van der Waals surface area contributed by atoms with Gasteiger partial charge in [0.05, 0.1) is 6.20 Å². The molecule has 7 heteroatoms. The molecule has 2 aromatic rings. The second-order valence-corrected chi connectivity index (χ2v) is 4.79. The minimum Gasteiger partial charge on any atom is -0.339 e. The summed E-state index contributed by atoms with van der Waals surface area (Å²) in [6, 6.07) is 0. The van der Waals surface area contributed by atoms with Gasteiger partial charge >= 0.3 is 0 Å². The average molecular weight is 236 g/mol. The van der Waals surface area contributed by atoms with Crippen molar-refractivity contribution in [3.8, 4) is 11.5 Å². The summed E-state index contributed by atoms with van der Waals surface area (Å²) in [6.45, 7) is 7.13. The fourth-order valence-corrected chi connectivity index (χ4v) is 1.31. The zero-order chi connectivity index (χ0) is 12.3. The largest absolute Gasteiger partial charge is 0.339 e. The van der Waals surface area contributed by atoms with Gasteiger partial charge in [0.1, 0.15) is 0 Å². The Balaban J connectivity index is 1.91. The maximum atomic E-state index is 5.12. The van der Waals surface area contributed by atoms with Crippen molar-refractivity contribution < 1.29 is 4.52 Å². The average Bonchev–Trinajstić information content (AvgIpc) is 2.83. The van der Waals surface area contributed by atoms with Crippen LogP contribution in [0.4, 0.5) is 0 Å². The van der Waals surface area contributed by atoms with Crippen molar-refractivity contribution in [1.82, 2.24) is 30.9 Å². The van der Waals surface area contributed by atoms with Gasteiger partial charge in [-0.3, -0.25) is 0 Å². The van der Waals surface area contributed by atoms with Crippen LogP contribution in [0.15, 0.2) is 10.7 Å². The monoisotopic (exact) mass is 236 g/mol. The molecule has 0 aliphatic heterocycles. The van der Waals surface area contributed by atoms with Crippen LogP contribution in [-0.2, 0) is 6.42 Å². The Morgan fingerprint density at radius 1 is 1.41 bits per heavy atom. The predicted molar refractivity (Wildman–Crippen MR) is 61.1 cm³/mol. The highest BCUT2D eigenvalue weighted by molar-refractivity contribution is 5.44. The molecule has 0 fully saturated rings. The van der Waals surface area contributed by atoms with Crippen LogP contribution in [0.1, 0.15) is 26.7 Å². The third kappa shape index (κ3) is 3.35. The molecule has 0 aliphatic carbocycles. The molecule has 0 saturated heterocycles. The molecule has 0 atom stereocenters. The number of nitrogens with zero attached hydrogens (tertiary/aromatic N) is 4. The van der Waals surface area contributed by atoms with Crippen molar-refractivity contribution in [1.29, 1.82) is 0 Å². The lowest BCUT2D eigenvalue weighted by atomic mass is 10.1. The number of hydrogen-bond acceptors (Lipinski definition) is 6. The molecule has 0 radical (unpaired) electrons. The van der Waals surface area contributed by atoms with Crippen molar-refractivity contribution in [3.05, 3.63) is 12.1 Å². The maximum absolute atomic E-state index is 5.12. The lowest BCUT2D eigenvalue weighted by molar-refractivity contribution is 0.362. The van der Waals surface area contributed by atoms with Gasteiger partial charge in [0.15, 0.2) is 5.69 Å². The molecule has 17 heavy (non-hydrogen) atoms. The molecule has 0 unspecified atom stereocenters. The molecule has 2 N–H and O–H groups in total. The Labute approximate surface area is 99.0 Å². The summed E-state index contributed by atoms with van der Waals surface area (Å²) in [5.74, 6) is 1.06.